The Balaban J connectivity index is 1.40. The molecule has 1 saturated carbocycles. The Bertz CT molecular complexity index is 565. The van der Waals surface area contributed by atoms with Crippen LogP contribution in [0.15, 0.2) is 29.3 Å². The van der Waals surface area contributed by atoms with Crippen molar-refractivity contribution in [2.45, 2.75) is 45.1 Å². The van der Waals surface area contributed by atoms with E-state index < -0.39 is 0 Å². The fraction of sp³-hybridized carbons (Fsp3) is 0.650. The van der Waals surface area contributed by atoms with Crippen LogP contribution in [0.3, 0.4) is 0 Å². The first-order chi connectivity index (χ1) is 11.7. The van der Waals surface area contributed by atoms with E-state index in [-0.39, 0.29) is 0 Å². The predicted octanol–water partition coefficient (Wildman–Crippen LogP) is 2.75. The average Bonchev–Trinajstić information content (AvgIpc) is 3.33. The Hall–Kier alpha value is -1.55. The van der Waals surface area contributed by atoms with Crippen LogP contribution in [-0.4, -0.2) is 50.1 Å². The highest BCUT2D eigenvalue weighted by Crippen LogP contribution is 2.31. The van der Waals surface area contributed by atoms with Crippen molar-refractivity contribution in [2.24, 2.45) is 10.9 Å². The average molecular weight is 329 g/mol. The number of guanidine groups is 1. The van der Waals surface area contributed by atoms with Crippen molar-refractivity contribution in [1.29, 1.82) is 0 Å². The van der Waals surface area contributed by atoms with Crippen molar-refractivity contribution in [2.75, 3.05) is 33.2 Å². The predicted molar refractivity (Wildman–Crippen MR) is 102 cm³/mol. The standard InChI is InChI=1S/C20H32N4/c1-15-5-4-6-18(11-15)16(2)12-22-20(21-3)23-13-17-9-10-24(14-17)19-7-8-19/h4-6,11,16-17,19H,7-10,12-14H2,1-3H3,(H2,21,22,23). The van der Waals surface area contributed by atoms with Crippen LogP contribution in [0.5, 0.6) is 0 Å². The summed E-state index contributed by atoms with van der Waals surface area (Å²) in [4.78, 5) is 7.05. The maximum absolute atomic E-state index is 4.38. The summed E-state index contributed by atoms with van der Waals surface area (Å²) in [5.41, 5.74) is 2.71. The number of nitrogens with one attached hydrogen (secondary N) is 2. The lowest BCUT2D eigenvalue weighted by molar-refractivity contribution is 0.314. The summed E-state index contributed by atoms with van der Waals surface area (Å²) in [6.07, 6.45) is 4.15. The van der Waals surface area contributed by atoms with Crippen LogP contribution in [0.4, 0.5) is 0 Å². The van der Waals surface area contributed by atoms with Gasteiger partial charge in [0.05, 0.1) is 0 Å². The van der Waals surface area contributed by atoms with Gasteiger partial charge < -0.3 is 15.5 Å². The summed E-state index contributed by atoms with van der Waals surface area (Å²) < 4.78 is 0. The third-order valence-electron chi connectivity index (χ3n) is 5.35. The molecule has 0 bridgehead atoms. The third kappa shape index (κ3) is 4.73. The van der Waals surface area contributed by atoms with E-state index in [4.69, 9.17) is 0 Å². The van der Waals surface area contributed by atoms with Crippen molar-refractivity contribution >= 4 is 5.96 Å². The van der Waals surface area contributed by atoms with Gasteiger partial charge in [-0.05, 0) is 50.1 Å². The molecule has 1 aromatic rings. The minimum absolute atomic E-state index is 0.472. The van der Waals surface area contributed by atoms with Gasteiger partial charge in [-0.25, -0.2) is 0 Å². The number of aryl methyl sites for hydroxylation is 1. The lowest BCUT2D eigenvalue weighted by Gasteiger charge is -2.19. The van der Waals surface area contributed by atoms with Gasteiger partial charge in [0, 0.05) is 32.7 Å². The molecule has 1 aliphatic heterocycles. The molecule has 1 heterocycles. The summed E-state index contributed by atoms with van der Waals surface area (Å²) in [6, 6.07) is 9.67. The van der Waals surface area contributed by atoms with Gasteiger partial charge in [-0.2, -0.15) is 0 Å². The summed E-state index contributed by atoms with van der Waals surface area (Å²) in [6.45, 7) is 8.89. The summed E-state index contributed by atoms with van der Waals surface area (Å²) in [7, 11) is 1.86. The van der Waals surface area contributed by atoms with Crippen LogP contribution in [0.25, 0.3) is 0 Å². The van der Waals surface area contributed by atoms with E-state index in [2.05, 4.69) is 58.6 Å². The van der Waals surface area contributed by atoms with Crippen molar-refractivity contribution in [3.63, 3.8) is 0 Å². The van der Waals surface area contributed by atoms with E-state index in [1.165, 1.54) is 43.5 Å². The second-order valence-electron chi connectivity index (χ2n) is 7.53. The highest BCUT2D eigenvalue weighted by Gasteiger charge is 2.34. The Morgan fingerprint density at radius 2 is 2.12 bits per heavy atom. The number of nitrogens with zero attached hydrogens (tertiary/aromatic N) is 2. The molecule has 4 nitrogen and oxygen atoms in total. The number of benzene rings is 1. The molecule has 0 spiro atoms. The first-order valence-corrected chi connectivity index (χ1v) is 9.41. The zero-order valence-corrected chi connectivity index (χ0v) is 15.4. The van der Waals surface area contributed by atoms with Gasteiger partial charge in [0.1, 0.15) is 0 Å². The molecule has 4 heteroatoms. The second-order valence-corrected chi connectivity index (χ2v) is 7.53. The molecular formula is C20H32N4. The number of hydrogen-bond acceptors (Lipinski definition) is 2. The van der Waals surface area contributed by atoms with Gasteiger partial charge in [0.25, 0.3) is 0 Å². The molecule has 2 unspecified atom stereocenters. The highest BCUT2D eigenvalue weighted by atomic mass is 15.2. The molecule has 0 amide bonds. The number of aliphatic imine (C=N–C) groups is 1. The number of hydrogen-bond donors (Lipinski definition) is 2. The van der Waals surface area contributed by atoms with Gasteiger partial charge in [-0.3, -0.25) is 4.99 Å². The minimum atomic E-state index is 0.472. The van der Waals surface area contributed by atoms with E-state index in [1.54, 1.807) is 0 Å². The van der Waals surface area contributed by atoms with Crippen LogP contribution in [0, 0.1) is 12.8 Å². The van der Waals surface area contributed by atoms with E-state index in [1.807, 2.05) is 7.05 Å². The quantitative estimate of drug-likeness (QED) is 0.623. The molecule has 3 rings (SSSR count). The zero-order valence-electron chi connectivity index (χ0n) is 15.4. The number of rotatable bonds is 6. The lowest BCUT2D eigenvalue weighted by Crippen LogP contribution is -2.41. The van der Waals surface area contributed by atoms with Gasteiger partial charge in [-0.15, -0.1) is 0 Å². The fourth-order valence-corrected chi connectivity index (χ4v) is 3.61. The largest absolute Gasteiger partial charge is 0.356 e. The topological polar surface area (TPSA) is 39.7 Å². The molecule has 0 radical (unpaired) electrons. The summed E-state index contributed by atoms with van der Waals surface area (Å²) in [5, 5.41) is 7.00. The van der Waals surface area contributed by atoms with Crippen LogP contribution < -0.4 is 10.6 Å². The van der Waals surface area contributed by atoms with E-state index in [0.717, 1.165) is 31.0 Å². The van der Waals surface area contributed by atoms with Gasteiger partial charge in [-0.1, -0.05) is 36.8 Å². The van der Waals surface area contributed by atoms with Gasteiger partial charge in [0.15, 0.2) is 5.96 Å². The van der Waals surface area contributed by atoms with Gasteiger partial charge in [0.2, 0.25) is 0 Å². The van der Waals surface area contributed by atoms with Crippen molar-refractivity contribution < 1.29 is 0 Å². The molecule has 2 fully saturated rings. The Labute approximate surface area is 146 Å². The first-order valence-electron chi connectivity index (χ1n) is 9.41. The van der Waals surface area contributed by atoms with Crippen molar-refractivity contribution in [3.05, 3.63) is 35.4 Å². The van der Waals surface area contributed by atoms with Crippen LogP contribution >= 0.6 is 0 Å². The van der Waals surface area contributed by atoms with E-state index >= 15 is 0 Å². The third-order valence-corrected chi connectivity index (χ3v) is 5.35. The maximum Gasteiger partial charge on any atom is 0.191 e. The first kappa shape index (κ1) is 17.3. The smallest absolute Gasteiger partial charge is 0.191 e. The van der Waals surface area contributed by atoms with Crippen LogP contribution in [0.2, 0.25) is 0 Å². The fourth-order valence-electron chi connectivity index (χ4n) is 3.61. The molecule has 1 saturated heterocycles. The zero-order chi connectivity index (χ0) is 16.9. The van der Waals surface area contributed by atoms with E-state index in [0.29, 0.717) is 5.92 Å². The van der Waals surface area contributed by atoms with E-state index in [9.17, 15) is 0 Å². The molecule has 1 aromatic carbocycles. The molecule has 2 aliphatic rings. The Morgan fingerprint density at radius 1 is 1.29 bits per heavy atom. The molecular weight excluding hydrogens is 296 g/mol. The second kappa shape index (κ2) is 8.02. The SMILES string of the molecule is CN=C(NCC1CCN(C2CC2)C1)NCC(C)c1cccc(C)c1. The van der Waals surface area contributed by atoms with Gasteiger partial charge >= 0.3 is 0 Å². The molecule has 1 aliphatic carbocycles. The normalized spacial score (nSPS) is 23.3. The van der Waals surface area contributed by atoms with Crippen molar-refractivity contribution in [1.82, 2.24) is 15.5 Å². The molecule has 24 heavy (non-hydrogen) atoms. The van der Waals surface area contributed by atoms with Crippen LogP contribution in [-0.2, 0) is 0 Å². The highest BCUT2D eigenvalue weighted by molar-refractivity contribution is 5.79. The Kier molecular flexibility index (Phi) is 5.77. The summed E-state index contributed by atoms with van der Waals surface area (Å²) in [5.74, 6) is 2.16. The summed E-state index contributed by atoms with van der Waals surface area (Å²) >= 11 is 0. The van der Waals surface area contributed by atoms with Crippen molar-refractivity contribution in [3.8, 4) is 0 Å². The van der Waals surface area contributed by atoms with Crippen LogP contribution in [0.1, 0.15) is 43.2 Å². The Morgan fingerprint density at radius 3 is 2.83 bits per heavy atom. The molecule has 2 N–H and O–H groups in total. The monoisotopic (exact) mass is 328 g/mol. The molecule has 2 atom stereocenters. The maximum atomic E-state index is 4.38. The number of likely N-dealkylation sites (tertiary alicyclic amines) is 1. The molecule has 132 valence electrons. The molecule has 0 aromatic heterocycles. The minimum Gasteiger partial charge on any atom is -0.356 e. The lowest BCUT2D eigenvalue weighted by atomic mass is 9.99.